The summed E-state index contributed by atoms with van der Waals surface area (Å²) in [5.74, 6) is -0.795. The van der Waals surface area contributed by atoms with Crippen LogP contribution >= 0.6 is 11.8 Å². The summed E-state index contributed by atoms with van der Waals surface area (Å²) in [6.07, 6.45) is 1.83. The van der Waals surface area contributed by atoms with E-state index in [1.807, 2.05) is 24.4 Å². The molecule has 0 fully saturated rings. The molecule has 17 heavy (non-hydrogen) atoms. The number of aromatic nitrogens is 3. The molecule has 0 spiro atoms. The van der Waals surface area contributed by atoms with Gasteiger partial charge in [-0.25, -0.2) is 0 Å². The van der Waals surface area contributed by atoms with Gasteiger partial charge in [-0.2, -0.15) is 0 Å². The summed E-state index contributed by atoms with van der Waals surface area (Å²) in [5.41, 5.74) is 5.10. The Labute approximate surface area is 102 Å². The highest BCUT2D eigenvalue weighted by Gasteiger charge is 2.28. The number of carbonyl (C=O) groups is 1. The number of thioether (sulfide) groups is 1. The number of nitrogens with zero attached hydrogens (tertiary/aromatic N) is 3. The van der Waals surface area contributed by atoms with Gasteiger partial charge in [-0.3, -0.25) is 9.20 Å². The van der Waals surface area contributed by atoms with Crippen molar-refractivity contribution in [3.63, 3.8) is 0 Å². The standard InChI is InChI=1S/C10H12N4O2S/c1-10(11,8(15)16)6-17-9-13-12-7-4-2-3-5-14(7)9/h2-5H,6,11H2,1H3,(H,15,16). The Bertz CT molecular complexity index is 552. The summed E-state index contributed by atoms with van der Waals surface area (Å²) in [7, 11) is 0. The first kappa shape index (κ1) is 11.9. The van der Waals surface area contributed by atoms with Crippen LogP contribution in [0.2, 0.25) is 0 Å². The number of hydrogen-bond donors (Lipinski definition) is 2. The van der Waals surface area contributed by atoms with Crippen LogP contribution in [-0.2, 0) is 4.79 Å². The van der Waals surface area contributed by atoms with E-state index in [0.717, 1.165) is 5.65 Å². The molecule has 0 saturated heterocycles. The van der Waals surface area contributed by atoms with E-state index in [2.05, 4.69) is 10.2 Å². The molecule has 0 bridgehead atoms. The minimum atomic E-state index is -1.27. The van der Waals surface area contributed by atoms with Gasteiger partial charge in [-0.05, 0) is 19.1 Å². The Kier molecular flexibility index (Phi) is 3.03. The van der Waals surface area contributed by atoms with Gasteiger partial charge in [-0.15, -0.1) is 10.2 Å². The first-order valence-electron chi connectivity index (χ1n) is 4.95. The van der Waals surface area contributed by atoms with E-state index < -0.39 is 11.5 Å². The molecule has 0 aliphatic carbocycles. The van der Waals surface area contributed by atoms with E-state index in [1.165, 1.54) is 18.7 Å². The number of carboxylic acid groups (broad SMARTS) is 1. The fourth-order valence-corrected chi connectivity index (χ4v) is 2.14. The molecule has 0 aromatic carbocycles. The molecule has 0 amide bonds. The molecule has 2 rings (SSSR count). The first-order valence-corrected chi connectivity index (χ1v) is 5.94. The molecule has 90 valence electrons. The molecule has 1 unspecified atom stereocenters. The third-order valence-electron chi connectivity index (χ3n) is 2.27. The van der Waals surface area contributed by atoms with Crippen LogP contribution in [-0.4, -0.2) is 37.0 Å². The molecular formula is C10H12N4O2S. The molecule has 0 saturated carbocycles. The van der Waals surface area contributed by atoms with Crippen molar-refractivity contribution < 1.29 is 9.90 Å². The van der Waals surface area contributed by atoms with Crippen LogP contribution in [0.25, 0.3) is 5.65 Å². The van der Waals surface area contributed by atoms with Crippen molar-refractivity contribution >= 4 is 23.4 Å². The molecule has 2 heterocycles. The number of rotatable bonds is 4. The zero-order valence-electron chi connectivity index (χ0n) is 9.20. The lowest BCUT2D eigenvalue weighted by Crippen LogP contribution is -2.47. The van der Waals surface area contributed by atoms with Crippen LogP contribution in [0.1, 0.15) is 6.92 Å². The van der Waals surface area contributed by atoms with Gasteiger partial charge < -0.3 is 10.8 Å². The quantitative estimate of drug-likeness (QED) is 0.775. The Hall–Kier alpha value is -1.60. The van der Waals surface area contributed by atoms with Crippen LogP contribution in [0.3, 0.4) is 0 Å². The summed E-state index contributed by atoms with van der Waals surface area (Å²) >= 11 is 1.28. The summed E-state index contributed by atoms with van der Waals surface area (Å²) in [4.78, 5) is 10.9. The maximum atomic E-state index is 10.9. The van der Waals surface area contributed by atoms with E-state index in [9.17, 15) is 4.79 Å². The predicted octanol–water partition coefficient (Wildman–Crippen LogP) is 0.623. The van der Waals surface area contributed by atoms with Crippen molar-refractivity contribution in [3.8, 4) is 0 Å². The molecule has 1 atom stereocenters. The van der Waals surface area contributed by atoms with Crippen LogP contribution in [0, 0.1) is 0 Å². The summed E-state index contributed by atoms with van der Waals surface area (Å²) in [6.45, 7) is 1.48. The summed E-state index contributed by atoms with van der Waals surface area (Å²) in [6, 6.07) is 5.55. The lowest BCUT2D eigenvalue weighted by atomic mass is 10.1. The highest BCUT2D eigenvalue weighted by atomic mass is 32.2. The summed E-state index contributed by atoms with van der Waals surface area (Å²) in [5, 5.41) is 17.5. The van der Waals surface area contributed by atoms with E-state index in [0.29, 0.717) is 5.16 Å². The zero-order valence-corrected chi connectivity index (χ0v) is 10.0. The lowest BCUT2D eigenvalue weighted by Gasteiger charge is -2.17. The van der Waals surface area contributed by atoms with Gasteiger partial charge in [0.25, 0.3) is 0 Å². The Balaban J connectivity index is 2.17. The van der Waals surface area contributed by atoms with Crippen molar-refractivity contribution in [1.29, 1.82) is 0 Å². The molecule has 2 aromatic heterocycles. The predicted molar refractivity (Wildman–Crippen MR) is 63.9 cm³/mol. The number of carboxylic acids is 1. The monoisotopic (exact) mass is 252 g/mol. The molecular weight excluding hydrogens is 240 g/mol. The molecule has 0 aliphatic heterocycles. The molecule has 0 radical (unpaired) electrons. The second-order valence-electron chi connectivity index (χ2n) is 3.92. The minimum absolute atomic E-state index is 0.234. The van der Waals surface area contributed by atoms with Gasteiger partial charge in [-0.1, -0.05) is 17.8 Å². The summed E-state index contributed by atoms with van der Waals surface area (Å²) < 4.78 is 1.79. The largest absolute Gasteiger partial charge is 0.480 e. The number of fused-ring (bicyclic) bond motifs is 1. The van der Waals surface area contributed by atoms with Gasteiger partial charge in [0.05, 0.1) is 0 Å². The van der Waals surface area contributed by atoms with Crippen molar-refractivity contribution in [2.45, 2.75) is 17.6 Å². The zero-order chi connectivity index (χ0) is 12.5. The maximum absolute atomic E-state index is 10.9. The Morgan fingerprint density at radius 3 is 3.06 bits per heavy atom. The van der Waals surface area contributed by atoms with E-state index in [1.54, 1.807) is 4.40 Å². The highest BCUT2D eigenvalue weighted by Crippen LogP contribution is 2.20. The van der Waals surface area contributed by atoms with Crippen molar-refractivity contribution in [1.82, 2.24) is 14.6 Å². The van der Waals surface area contributed by atoms with Gasteiger partial charge in [0, 0.05) is 11.9 Å². The second kappa shape index (κ2) is 4.34. The SMILES string of the molecule is CC(N)(CSc1nnc2ccccn12)C(=O)O. The molecule has 0 aliphatic rings. The number of pyridine rings is 1. The second-order valence-corrected chi connectivity index (χ2v) is 4.87. The van der Waals surface area contributed by atoms with Gasteiger partial charge in [0.15, 0.2) is 10.8 Å². The molecule has 6 nitrogen and oxygen atoms in total. The van der Waals surface area contributed by atoms with Gasteiger partial charge >= 0.3 is 5.97 Å². The Morgan fingerprint density at radius 1 is 1.59 bits per heavy atom. The third-order valence-corrected chi connectivity index (χ3v) is 3.55. The first-order chi connectivity index (χ1) is 8.00. The number of nitrogens with two attached hydrogens (primary N) is 1. The van der Waals surface area contributed by atoms with Crippen LogP contribution in [0.5, 0.6) is 0 Å². The van der Waals surface area contributed by atoms with E-state index >= 15 is 0 Å². The minimum Gasteiger partial charge on any atom is -0.480 e. The van der Waals surface area contributed by atoms with E-state index in [4.69, 9.17) is 10.8 Å². The average molecular weight is 252 g/mol. The highest BCUT2D eigenvalue weighted by molar-refractivity contribution is 7.99. The fourth-order valence-electron chi connectivity index (χ4n) is 1.19. The van der Waals surface area contributed by atoms with Gasteiger partial charge in [0.2, 0.25) is 0 Å². The molecule has 2 aromatic rings. The van der Waals surface area contributed by atoms with Crippen LogP contribution in [0.4, 0.5) is 0 Å². The molecule has 3 N–H and O–H groups in total. The van der Waals surface area contributed by atoms with Crippen molar-refractivity contribution in [3.05, 3.63) is 24.4 Å². The average Bonchev–Trinajstić information content (AvgIpc) is 2.69. The fraction of sp³-hybridized carbons (Fsp3) is 0.300. The van der Waals surface area contributed by atoms with Gasteiger partial charge in [0.1, 0.15) is 5.54 Å². The van der Waals surface area contributed by atoms with Crippen molar-refractivity contribution in [2.24, 2.45) is 5.73 Å². The lowest BCUT2D eigenvalue weighted by molar-refractivity contribution is -0.141. The normalized spacial score (nSPS) is 14.7. The van der Waals surface area contributed by atoms with E-state index in [-0.39, 0.29) is 5.75 Å². The topological polar surface area (TPSA) is 93.5 Å². The smallest absolute Gasteiger partial charge is 0.324 e. The number of hydrogen-bond acceptors (Lipinski definition) is 5. The van der Waals surface area contributed by atoms with Crippen LogP contribution in [0.15, 0.2) is 29.6 Å². The maximum Gasteiger partial charge on any atom is 0.324 e. The number of aliphatic carboxylic acids is 1. The van der Waals surface area contributed by atoms with Crippen LogP contribution < -0.4 is 5.73 Å². The Morgan fingerprint density at radius 2 is 2.35 bits per heavy atom. The van der Waals surface area contributed by atoms with Crippen molar-refractivity contribution in [2.75, 3.05) is 5.75 Å². The third kappa shape index (κ3) is 2.40. The molecule has 7 heteroatoms.